The summed E-state index contributed by atoms with van der Waals surface area (Å²) in [6.07, 6.45) is 2.44. The van der Waals surface area contributed by atoms with Crippen LogP contribution in [-0.2, 0) is 5.41 Å². The molecule has 2 rings (SSSR count). The highest BCUT2D eigenvalue weighted by Gasteiger charge is 2.44. The van der Waals surface area contributed by atoms with Crippen molar-refractivity contribution in [3.63, 3.8) is 0 Å². The molecule has 0 radical (unpaired) electrons. The van der Waals surface area contributed by atoms with Crippen molar-refractivity contribution in [2.45, 2.75) is 57.2 Å². The Morgan fingerprint density at radius 2 is 1.68 bits per heavy atom. The maximum absolute atomic E-state index is 4.54. The number of benzene rings is 1. The average Bonchev–Trinajstić information content (AvgIpc) is 2.47. The lowest BCUT2D eigenvalue weighted by Crippen LogP contribution is -2.54. The smallest absolute Gasteiger partial charge is 0.0422 e. The molecule has 1 aliphatic heterocycles. The van der Waals surface area contributed by atoms with Crippen LogP contribution in [0.3, 0.4) is 0 Å². The van der Waals surface area contributed by atoms with Gasteiger partial charge in [-0.15, -0.1) is 11.7 Å². The van der Waals surface area contributed by atoms with E-state index in [0.29, 0.717) is 0 Å². The predicted octanol–water partition coefficient (Wildman–Crippen LogP) is 5.34. The molecule has 1 aromatic carbocycles. The fraction of sp³-hybridized carbons (Fsp3) is 0.579. The van der Waals surface area contributed by atoms with Crippen LogP contribution in [0, 0.1) is 0 Å². The number of hydrogen-bond donors (Lipinski definition) is 1. The van der Waals surface area contributed by atoms with Gasteiger partial charge in [0.05, 0.1) is 0 Å². The van der Waals surface area contributed by atoms with Gasteiger partial charge >= 0.3 is 0 Å². The molecule has 3 heteroatoms. The first-order valence-electron chi connectivity index (χ1n) is 7.95. The monoisotopic (exact) mass is 335 g/mol. The van der Waals surface area contributed by atoms with Crippen LogP contribution in [0.2, 0.25) is 0 Å². The number of nitrogens with zero attached hydrogens (tertiary/aromatic N) is 1. The van der Waals surface area contributed by atoms with Crippen LogP contribution in [0.5, 0.6) is 0 Å². The normalized spacial score (nSPS) is 24.2. The first-order valence-corrected chi connectivity index (χ1v) is 9.82. The second-order valence-electron chi connectivity index (χ2n) is 7.97. The topological polar surface area (TPSA) is 3.24 Å². The minimum absolute atomic E-state index is 0.0199. The molecule has 0 fully saturated rings. The van der Waals surface area contributed by atoms with Gasteiger partial charge in [-0.3, -0.25) is 4.90 Å². The van der Waals surface area contributed by atoms with Crippen LogP contribution < -0.4 is 0 Å². The van der Waals surface area contributed by atoms with Crippen LogP contribution >= 0.6 is 22.5 Å². The second-order valence-corrected chi connectivity index (χ2v) is 9.72. The third-order valence-corrected chi connectivity index (χ3v) is 6.90. The van der Waals surface area contributed by atoms with E-state index in [1.54, 1.807) is 10.8 Å². The van der Waals surface area contributed by atoms with E-state index in [9.17, 15) is 0 Å². The molecule has 122 valence electrons. The Labute approximate surface area is 145 Å². The van der Waals surface area contributed by atoms with Gasteiger partial charge in [0.1, 0.15) is 0 Å². The Bertz CT molecular complexity index is 542. The molecule has 22 heavy (non-hydrogen) atoms. The first-order chi connectivity index (χ1) is 10.1. The van der Waals surface area contributed by atoms with Gasteiger partial charge in [-0.1, -0.05) is 54.1 Å². The van der Waals surface area contributed by atoms with Crippen LogP contribution in [0.25, 0.3) is 0 Å². The summed E-state index contributed by atoms with van der Waals surface area (Å²) < 4.78 is 0.0255. The first kappa shape index (κ1) is 18.0. The fourth-order valence-corrected chi connectivity index (χ4v) is 4.18. The van der Waals surface area contributed by atoms with Gasteiger partial charge in [-0.25, -0.2) is 0 Å². The molecule has 1 atom stereocenters. The minimum Gasteiger partial charge on any atom is -0.294 e. The van der Waals surface area contributed by atoms with Gasteiger partial charge in [0.2, 0.25) is 0 Å². The zero-order chi connectivity index (χ0) is 16.6. The van der Waals surface area contributed by atoms with Crippen molar-refractivity contribution in [2.24, 2.45) is 0 Å². The number of rotatable bonds is 3. The summed E-state index contributed by atoms with van der Waals surface area (Å²) in [6.45, 7) is 15.9. The van der Waals surface area contributed by atoms with Crippen LogP contribution in [0.4, 0.5) is 0 Å². The molecule has 0 spiro atoms. The average molecular weight is 336 g/mol. The zero-order valence-electron chi connectivity index (χ0n) is 14.7. The Morgan fingerprint density at radius 3 is 2.18 bits per heavy atom. The third kappa shape index (κ3) is 3.42. The van der Waals surface area contributed by atoms with E-state index < -0.39 is 0 Å². The van der Waals surface area contributed by atoms with E-state index >= 15 is 0 Å². The number of thiol groups is 1. The highest BCUT2D eigenvalue weighted by atomic mass is 33.1. The van der Waals surface area contributed by atoms with E-state index in [4.69, 9.17) is 0 Å². The molecule has 1 aliphatic rings. The molecule has 1 nitrogen and oxygen atoms in total. The summed E-state index contributed by atoms with van der Waals surface area (Å²) >= 11 is 4.54. The van der Waals surface area contributed by atoms with Crippen molar-refractivity contribution in [1.29, 1.82) is 0 Å². The molecule has 1 unspecified atom stereocenters. The highest BCUT2D eigenvalue weighted by Crippen LogP contribution is 2.48. The molecule has 1 heterocycles. The van der Waals surface area contributed by atoms with Crippen molar-refractivity contribution in [3.8, 4) is 0 Å². The maximum Gasteiger partial charge on any atom is 0.0422 e. The Morgan fingerprint density at radius 1 is 1.09 bits per heavy atom. The van der Waals surface area contributed by atoms with Crippen LogP contribution in [-0.4, -0.2) is 28.3 Å². The summed E-state index contributed by atoms with van der Waals surface area (Å²) in [7, 11) is 1.65. The molecular weight excluding hydrogens is 306 g/mol. The summed E-state index contributed by atoms with van der Waals surface area (Å²) in [5.74, 6) is 0. The highest BCUT2D eigenvalue weighted by molar-refractivity contribution is 8.69. The van der Waals surface area contributed by atoms with E-state index in [1.165, 1.54) is 11.1 Å². The molecule has 0 aromatic heterocycles. The summed E-state index contributed by atoms with van der Waals surface area (Å²) in [6, 6.07) is 10.9. The lowest BCUT2D eigenvalue weighted by molar-refractivity contribution is 0.116. The molecule has 1 aromatic rings. The van der Waals surface area contributed by atoms with Gasteiger partial charge in [0.15, 0.2) is 0 Å². The van der Waals surface area contributed by atoms with Crippen molar-refractivity contribution < 1.29 is 0 Å². The number of hydrogen-bond acceptors (Lipinski definition) is 3. The predicted molar refractivity (Wildman–Crippen MR) is 104 cm³/mol. The summed E-state index contributed by atoms with van der Waals surface area (Å²) in [4.78, 5) is 2.57. The fourth-order valence-electron chi connectivity index (χ4n) is 3.48. The SMILES string of the molecule is CC(C)(SS)C1=CCN(C(C)(C)C)CC1(C)c1ccccc1. The van der Waals surface area contributed by atoms with Crippen molar-refractivity contribution in [3.05, 3.63) is 47.5 Å². The van der Waals surface area contributed by atoms with Gasteiger partial charge in [0, 0.05) is 28.8 Å². The standard InChI is InChI=1S/C19H29NS2/c1-17(2,3)20-13-12-16(18(4,5)22-21)19(6,14-20)15-10-8-7-9-11-15/h7-12,21H,13-14H2,1-6H3. The van der Waals surface area contributed by atoms with E-state index in [1.807, 2.05) is 0 Å². The van der Waals surface area contributed by atoms with Crippen molar-refractivity contribution in [1.82, 2.24) is 4.90 Å². The van der Waals surface area contributed by atoms with Crippen LogP contribution in [0.1, 0.15) is 47.1 Å². The molecule has 0 aliphatic carbocycles. The Hall–Kier alpha value is -0.380. The van der Waals surface area contributed by atoms with Gasteiger partial charge in [0.25, 0.3) is 0 Å². The van der Waals surface area contributed by atoms with Gasteiger partial charge in [-0.05, 0) is 45.8 Å². The van der Waals surface area contributed by atoms with Gasteiger partial charge < -0.3 is 0 Å². The Kier molecular flexibility index (Phi) is 5.11. The summed E-state index contributed by atoms with van der Waals surface area (Å²) in [5, 5.41) is 0. The quantitative estimate of drug-likeness (QED) is 0.451. The van der Waals surface area contributed by atoms with Crippen molar-refractivity contribution in [2.75, 3.05) is 13.1 Å². The van der Waals surface area contributed by atoms with E-state index in [-0.39, 0.29) is 15.7 Å². The van der Waals surface area contributed by atoms with Crippen LogP contribution in [0.15, 0.2) is 42.0 Å². The largest absolute Gasteiger partial charge is 0.294 e. The zero-order valence-corrected chi connectivity index (χ0v) is 16.4. The lowest BCUT2D eigenvalue weighted by atomic mass is 9.68. The lowest BCUT2D eigenvalue weighted by Gasteiger charge is -2.50. The molecule has 0 saturated heterocycles. The maximum atomic E-state index is 4.54. The molecule has 0 N–H and O–H groups in total. The molecular formula is C19H29NS2. The summed E-state index contributed by atoms with van der Waals surface area (Å²) in [5.41, 5.74) is 3.08. The van der Waals surface area contributed by atoms with E-state index in [0.717, 1.165) is 13.1 Å². The van der Waals surface area contributed by atoms with E-state index in [2.05, 4.69) is 94.5 Å². The van der Waals surface area contributed by atoms with Crippen molar-refractivity contribution >= 4 is 22.5 Å². The second kappa shape index (κ2) is 6.26. The Balaban J connectivity index is 2.53. The molecule has 0 saturated carbocycles. The van der Waals surface area contributed by atoms with Gasteiger partial charge in [-0.2, -0.15) is 0 Å². The minimum atomic E-state index is 0.0199. The third-order valence-electron chi connectivity index (χ3n) is 4.85. The molecule has 0 amide bonds. The molecule has 0 bridgehead atoms.